The maximum Gasteiger partial charge on any atom is 0.151 e. The molecule has 68 valence electrons. The number of carbonyl (C=O) groups excluding carboxylic acids is 1. The van der Waals surface area contributed by atoms with Crippen LogP contribution in [0, 0.1) is 10.5 Å². The first-order valence-electron chi connectivity index (χ1n) is 4.14. The van der Waals surface area contributed by atoms with Crippen molar-refractivity contribution >= 4 is 28.9 Å². The Kier molecular flexibility index (Phi) is 2.27. The molecule has 0 saturated carbocycles. The van der Waals surface area contributed by atoms with Crippen LogP contribution in [0.25, 0.3) is 0 Å². The van der Waals surface area contributed by atoms with Gasteiger partial charge in [-0.3, -0.25) is 4.79 Å². The third kappa shape index (κ3) is 1.35. The molecule has 1 heterocycles. The summed E-state index contributed by atoms with van der Waals surface area (Å²) in [6, 6.07) is 1.89. The highest BCUT2D eigenvalue weighted by Crippen LogP contribution is 2.34. The minimum absolute atomic E-state index is 0.745. The molecule has 2 nitrogen and oxygen atoms in total. The molecule has 0 amide bonds. The zero-order chi connectivity index (χ0) is 9.42. The van der Waals surface area contributed by atoms with Crippen molar-refractivity contribution < 1.29 is 9.53 Å². The lowest BCUT2D eigenvalue weighted by Crippen LogP contribution is -1.93. The van der Waals surface area contributed by atoms with Gasteiger partial charge in [-0.25, -0.2) is 0 Å². The number of aldehydes is 1. The SMILES string of the molecule is Cc1cc(C=O)c(I)c2c1OCC2. The van der Waals surface area contributed by atoms with E-state index in [4.69, 9.17) is 4.74 Å². The molecule has 0 atom stereocenters. The lowest BCUT2D eigenvalue weighted by atomic mass is 10.1. The first-order chi connectivity index (χ1) is 6.24. The monoisotopic (exact) mass is 288 g/mol. The number of halogens is 1. The fraction of sp³-hybridized carbons (Fsp3) is 0.300. The second-order valence-corrected chi connectivity index (χ2v) is 4.20. The van der Waals surface area contributed by atoms with Gasteiger partial charge in [0.05, 0.1) is 6.61 Å². The maximum absolute atomic E-state index is 10.7. The van der Waals surface area contributed by atoms with Crippen LogP contribution in [0.5, 0.6) is 5.75 Å². The Labute approximate surface area is 90.4 Å². The van der Waals surface area contributed by atoms with E-state index in [1.807, 2.05) is 13.0 Å². The Bertz CT molecular complexity index is 372. The fourth-order valence-corrected chi connectivity index (χ4v) is 2.44. The molecular formula is C10H9IO2. The number of hydrogen-bond acceptors (Lipinski definition) is 2. The fourth-order valence-electron chi connectivity index (χ4n) is 1.64. The molecule has 13 heavy (non-hydrogen) atoms. The molecule has 0 aromatic heterocycles. The summed E-state index contributed by atoms with van der Waals surface area (Å²) >= 11 is 2.21. The van der Waals surface area contributed by atoms with Gasteiger partial charge in [-0.1, -0.05) is 0 Å². The van der Waals surface area contributed by atoms with Gasteiger partial charge in [0, 0.05) is 21.1 Å². The summed E-state index contributed by atoms with van der Waals surface area (Å²) in [7, 11) is 0. The van der Waals surface area contributed by atoms with Gasteiger partial charge in [0.1, 0.15) is 5.75 Å². The van der Waals surface area contributed by atoms with Gasteiger partial charge < -0.3 is 4.74 Å². The molecule has 0 radical (unpaired) electrons. The van der Waals surface area contributed by atoms with Crippen molar-refractivity contribution in [3.8, 4) is 5.75 Å². The molecule has 1 aromatic carbocycles. The first-order valence-corrected chi connectivity index (χ1v) is 5.22. The van der Waals surface area contributed by atoms with Gasteiger partial charge in [0.15, 0.2) is 6.29 Å². The van der Waals surface area contributed by atoms with Crippen LogP contribution in [0.15, 0.2) is 6.07 Å². The van der Waals surface area contributed by atoms with Gasteiger partial charge in [-0.05, 0) is 41.1 Å². The molecule has 0 bridgehead atoms. The molecule has 1 aliphatic rings. The minimum atomic E-state index is 0.745. The molecule has 0 aliphatic carbocycles. The molecule has 0 saturated heterocycles. The van der Waals surface area contributed by atoms with Crippen molar-refractivity contribution in [2.75, 3.05) is 6.61 Å². The van der Waals surface area contributed by atoms with Gasteiger partial charge in [0.2, 0.25) is 0 Å². The summed E-state index contributed by atoms with van der Waals surface area (Å²) in [5.41, 5.74) is 3.04. The maximum atomic E-state index is 10.7. The van der Waals surface area contributed by atoms with Crippen LogP contribution in [0.4, 0.5) is 0 Å². The summed E-state index contributed by atoms with van der Waals surface area (Å²) in [5, 5.41) is 0. The van der Waals surface area contributed by atoms with E-state index in [2.05, 4.69) is 22.6 Å². The molecule has 0 N–H and O–H groups in total. The van der Waals surface area contributed by atoms with E-state index in [1.54, 1.807) is 0 Å². The second kappa shape index (κ2) is 3.29. The van der Waals surface area contributed by atoms with Crippen LogP contribution >= 0.6 is 22.6 Å². The predicted octanol–water partition coefficient (Wildman–Crippen LogP) is 2.35. The quantitative estimate of drug-likeness (QED) is 0.585. The van der Waals surface area contributed by atoms with Crippen molar-refractivity contribution in [3.05, 3.63) is 26.3 Å². The molecule has 3 heteroatoms. The van der Waals surface area contributed by atoms with Crippen LogP contribution in [0.1, 0.15) is 21.5 Å². The van der Waals surface area contributed by atoms with E-state index in [0.717, 1.165) is 39.8 Å². The Morgan fingerprint density at radius 2 is 2.38 bits per heavy atom. The van der Waals surface area contributed by atoms with Crippen molar-refractivity contribution in [3.63, 3.8) is 0 Å². The average molecular weight is 288 g/mol. The van der Waals surface area contributed by atoms with Crippen molar-refractivity contribution in [1.29, 1.82) is 0 Å². The Morgan fingerprint density at radius 1 is 1.62 bits per heavy atom. The first kappa shape index (κ1) is 8.99. The third-order valence-electron chi connectivity index (χ3n) is 2.25. The van der Waals surface area contributed by atoms with Crippen LogP contribution in [0.2, 0.25) is 0 Å². The molecule has 1 aliphatic heterocycles. The lowest BCUT2D eigenvalue weighted by molar-refractivity contribution is 0.112. The van der Waals surface area contributed by atoms with Gasteiger partial charge in [-0.15, -0.1) is 0 Å². The van der Waals surface area contributed by atoms with Crippen LogP contribution in [-0.4, -0.2) is 12.9 Å². The number of fused-ring (bicyclic) bond motifs is 1. The number of hydrogen-bond donors (Lipinski definition) is 0. The van der Waals surface area contributed by atoms with Crippen LogP contribution in [-0.2, 0) is 6.42 Å². The summed E-state index contributed by atoms with van der Waals surface area (Å²) in [6.07, 6.45) is 1.84. The van der Waals surface area contributed by atoms with E-state index in [-0.39, 0.29) is 0 Å². The standard InChI is InChI=1S/C10H9IO2/c1-6-4-7(5-12)9(11)8-2-3-13-10(6)8/h4-5H,2-3H2,1H3. The van der Waals surface area contributed by atoms with Gasteiger partial charge >= 0.3 is 0 Å². The third-order valence-corrected chi connectivity index (χ3v) is 3.52. The van der Waals surface area contributed by atoms with E-state index < -0.39 is 0 Å². The summed E-state index contributed by atoms with van der Waals surface area (Å²) in [5.74, 6) is 0.981. The van der Waals surface area contributed by atoms with Crippen molar-refractivity contribution in [2.24, 2.45) is 0 Å². The second-order valence-electron chi connectivity index (χ2n) is 3.12. The van der Waals surface area contributed by atoms with Crippen molar-refractivity contribution in [2.45, 2.75) is 13.3 Å². The number of benzene rings is 1. The molecule has 2 rings (SSSR count). The molecule has 1 aromatic rings. The zero-order valence-corrected chi connectivity index (χ0v) is 9.42. The number of carbonyl (C=O) groups is 1. The van der Waals surface area contributed by atoms with E-state index in [9.17, 15) is 4.79 Å². The Balaban J connectivity index is 2.69. The van der Waals surface area contributed by atoms with E-state index in [0.29, 0.717) is 0 Å². The topological polar surface area (TPSA) is 26.3 Å². The Morgan fingerprint density at radius 3 is 3.08 bits per heavy atom. The highest BCUT2D eigenvalue weighted by atomic mass is 127. The molecule has 0 fully saturated rings. The van der Waals surface area contributed by atoms with Gasteiger partial charge in [0.25, 0.3) is 0 Å². The number of ether oxygens (including phenoxy) is 1. The van der Waals surface area contributed by atoms with Crippen LogP contribution < -0.4 is 4.74 Å². The Hall–Kier alpha value is -0.580. The highest BCUT2D eigenvalue weighted by Gasteiger charge is 2.19. The molecule has 0 unspecified atom stereocenters. The van der Waals surface area contributed by atoms with E-state index in [1.165, 1.54) is 5.56 Å². The average Bonchev–Trinajstić information content (AvgIpc) is 2.60. The number of aryl methyl sites for hydroxylation is 1. The van der Waals surface area contributed by atoms with E-state index >= 15 is 0 Å². The van der Waals surface area contributed by atoms with Crippen LogP contribution in [0.3, 0.4) is 0 Å². The highest BCUT2D eigenvalue weighted by molar-refractivity contribution is 14.1. The largest absolute Gasteiger partial charge is 0.493 e. The lowest BCUT2D eigenvalue weighted by Gasteiger charge is -2.07. The predicted molar refractivity (Wildman–Crippen MR) is 58.5 cm³/mol. The summed E-state index contributed by atoms with van der Waals surface area (Å²) in [6.45, 7) is 2.72. The number of rotatable bonds is 1. The molecule has 0 spiro atoms. The zero-order valence-electron chi connectivity index (χ0n) is 7.26. The smallest absolute Gasteiger partial charge is 0.151 e. The summed E-state index contributed by atoms with van der Waals surface area (Å²) < 4.78 is 6.54. The van der Waals surface area contributed by atoms with Gasteiger partial charge in [-0.2, -0.15) is 0 Å². The summed E-state index contributed by atoms with van der Waals surface area (Å²) in [4.78, 5) is 10.7. The molecular weight excluding hydrogens is 279 g/mol. The minimum Gasteiger partial charge on any atom is -0.493 e. The normalized spacial score (nSPS) is 13.7. The van der Waals surface area contributed by atoms with Crippen molar-refractivity contribution in [1.82, 2.24) is 0 Å².